The molecule has 2 rings (SSSR count). The minimum absolute atomic E-state index is 0.331. The lowest BCUT2D eigenvalue weighted by molar-refractivity contribution is -0.147. The molecule has 0 radical (unpaired) electrons. The van der Waals surface area contributed by atoms with Gasteiger partial charge in [-0.3, -0.25) is 19.3 Å². The van der Waals surface area contributed by atoms with E-state index in [1.165, 1.54) is 0 Å². The number of aliphatic carboxylic acids is 1. The summed E-state index contributed by atoms with van der Waals surface area (Å²) in [6.45, 7) is 2.51. The van der Waals surface area contributed by atoms with E-state index in [1.807, 2.05) is 0 Å². The summed E-state index contributed by atoms with van der Waals surface area (Å²) in [7, 11) is 0. The normalized spacial score (nSPS) is 20.0. The molecule has 23 heavy (non-hydrogen) atoms. The highest BCUT2D eigenvalue weighted by Gasteiger charge is 2.51. The van der Waals surface area contributed by atoms with Crippen molar-refractivity contribution in [3.05, 3.63) is 0 Å². The molecule has 1 spiro atoms. The molecule has 4 amide bonds. The first-order chi connectivity index (χ1) is 10.8. The first-order valence-corrected chi connectivity index (χ1v) is 7.92. The van der Waals surface area contributed by atoms with E-state index >= 15 is 0 Å². The highest BCUT2D eigenvalue weighted by Crippen LogP contribution is 2.33. The van der Waals surface area contributed by atoms with Gasteiger partial charge in [-0.15, -0.1) is 0 Å². The van der Waals surface area contributed by atoms with E-state index in [0.29, 0.717) is 12.8 Å². The fourth-order valence-electron chi connectivity index (χ4n) is 3.24. The summed E-state index contributed by atoms with van der Waals surface area (Å²) in [5.41, 5.74) is -0.870. The summed E-state index contributed by atoms with van der Waals surface area (Å²) in [6, 6.07) is -0.896. The largest absolute Gasteiger partial charge is 0.480 e. The maximum atomic E-state index is 12.6. The van der Waals surface area contributed by atoms with Gasteiger partial charge in [-0.05, 0) is 26.7 Å². The van der Waals surface area contributed by atoms with Gasteiger partial charge in [0, 0.05) is 6.04 Å². The van der Waals surface area contributed by atoms with Crippen LogP contribution in [0.1, 0.15) is 46.0 Å². The second kappa shape index (κ2) is 6.55. The number of nitrogens with one attached hydrogen (secondary N) is 1. The third-order valence-corrected chi connectivity index (χ3v) is 4.50. The first kappa shape index (κ1) is 17.2. The molecule has 0 bridgehead atoms. The van der Waals surface area contributed by atoms with Crippen LogP contribution in [-0.4, -0.2) is 63.4 Å². The summed E-state index contributed by atoms with van der Waals surface area (Å²) < 4.78 is 0. The first-order valence-electron chi connectivity index (χ1n) is 7.92. The number of hydrogen-bond acceptors (Lipinski definition) is 4. The summed E-state index contributed by atoms with van der Waals surface area (Å²) in [5.74, 6) is -2.04. The van der Waals surface area contributed by atoms with Gasteiger partial charge in [0.05, 0.1) is 0 Å². The van der Waals surface area contributed by atoms with E-state index in [-0.39, 0.29) is 11.9 Å². The lowest BCUT2D eigenvalue weighted by Crippen LogP contribution is -2.50. The van der Waals surface area contributed by atoms with Crippen molar-refractivity contribution in [1.82, 2.24) is 15.1 Å². The maximum Gasteiger partial charge on any atom is 0.325 e. The van der Waals surface area contributed by atoms with Gasteiger partial charge < -0.3 is 15.3 Å². The van der Waals surface area contributed by atoms with Crippen LogP contribution < -0.4 is 5.32 Å². The van der Waals surface area contributed by atoms with Crippen molar-refractivity contribution >= 4 is 23.8 Å². The molecule has 2 aliphatic rings. The van der Waals surface area contributed by atoms with Gasteiger partial charge in [0.25, 0.3) is 5.91 Å². The topological polar surface area (TPSA) is 107 Å². The molecule has 2 fully saturated rings. The molecule has 0 aromatic rings. The van der Waals surface area contributed by atoms with Crippen LogP contribution in [0, 0.1) is 0 Å². The molecular weight excluding hydrogens is 302 g/mol. The smallest absolute Gasteiger partial charge is 0.325 e. The van der Waals surface area contributed by atoms with Crippen molar-refractivity contribution in [2.75, 3.05) is 13.1 Å². The van der Waals surface area contributed by atoms with Crippen molar-refractivity contribution in [2.24, 2.45) is 0 Å². The molecular formula is C15H23N3O5. The van der Waals surface area contributed by atoms with E-state index in [1.54, 1.807) is 13.8 Å². The van der Waals surface area contributed by atoms with Crippen molar-refractivity contribution in [3.8, 4) is 0 Å². The van der Waals surface area contributed by atoms with E-state index in [2.05, 4.69) is 5.32 Å². The minimum atomic E-state index is -1.13. The minimum Gasteiger partial charge on any atom is -0.480 e. The Morgan fingerprint density at radius 2 is 1.87 bits per heavy atom. The number of carbonyl (C=O) groups is 4. The molecule has 8 nitrogen and oxygen atoms in total. The Labute approximate surface area is 134 Å². The van der Waals surface area contributed by atoms with Crippen molar-refractivity contribution < 1.29 is 24.3 Å². The van der Waals surface area contributed by atoms with Crippen LogP contribution >= 0.6 is 0 Å². The van der Waals surface area contributed by atoms with Crippen LogP contribution in [0.2, 0.25) is 0 Å². The van der Waals surface area contributed by atoms with Gasteiger partial charge in [0.1, 0.15) is 18.6 Å². The lowest BCUT2D eigenvalue weighted by atomic mass is 9.82. The second-order valence-corrected chi connectivity index (χ2v) is 6.47. The van der Waals surface area contributed by atoms with Gasteiger partial charge in [0.15, 0.2) is 0 Å². The molecule has 1 aliphatic heterocycles. The Morgan fingerprint density at radius 1 is 1.26 bits per heavy atom. The van der Waals surface area contributed by atoms with Gasteiger partial charge in [-0.1, -0.05) is 19.3 Å². The molecule has 0 aromatic carbocycles. The van der Waals surface area contributed by atoms with Crippen LogP contribution in [0.5, 0.6) is 0 Å². The van der Waals surface area contributed by atoms with E-state index in [9.17, 15) is 19.2 Å². The number of hydrogen-bond donors (Lipinski definition) is 2. The molecule has 128 valence electrons. The highest BCUT2D eigenvalue weighted by atomic mass is 16.4. The van der Waals surface area contributed by atoms with E-state index in [0.717, 1.165) is 29.1 Å². The standard InChI is InChI=1S/C15H23N3O5/c1-10(2)17(9-12(20)21)11(19)8-18-13(22)15(16-14(18)23)6-4-3-5-7-15/h10H,3-9H2,1-2H3,(H,16,23)(H,20,21). The summed E-state index contributed by atoms with van der Waals surface area (Å²) in [5, 5.41) is 11.6. The summed E-state index contributed by atoms with van der Waals surface area (Å²) in [6.07, 6.45) is 3.94. The molecule has 0 unspecified atom stereocenters. The fourth-order valence-corrected chi connectivity index (χ4v) is 3.24. The zero-order chi connectivity index (χ0) is 17.2. The number of carboxylic acid groups (broad SMARTS) is 1. The van der Waals surface area contributed by atoms with Gasteiger partial charge in [0.2, 0.25) is 5.91 Å². The maximum absolute atomic E-state index is 12.6. The zero-order valence-corrected chi connectivity index (χ0v) is 13.5. The van der Waals surface area contributed by atoms with Crippen LogP contribution in [0.4, 0.5) is 4.79 Å². The number of carbonyl (C=O) groups excluding carboxylic acids is 3. The SMILES string of the molecule is CC(C)N(CC(=O)O)C(=O)CN1C(=O)NC2(CCCCC2)C1=O. The molecule has 2 N–H and O–H groups in total. The lowest BCUT2D eigenvalue weighted by Gasteiger charge is -2.31. The van der Waals surface area contributed by atoms with Crippen LogP contribution in [-0.2, 0) is 14.4 Å². The molecule has 1 heterocycles. The Balaban J connectivity index is 2.09. The molecule has 1 saturated heterocycles. The van der Waals surface area contributed by atoms with Crippen molar-refractivity contribution in [3.63, 3.8) is 0 Å². The molecule has 0 aromatic heterocycles. The van der Waals surface area contributed by atoms with Crippen molar-refractivity contribution in [2.45, 2.75) is 57.5 Å². The predicted molar refractivity (Wildman–Crippen MR) is 80.5 cm³/mol. The molecule has 1 aliphatic carbocycles. The monoisotopic (exact) mass is 325 g/mol. The Hall–Kier alpha value is -2.12. The van der Waals surface area contributed by atoms with Gasteiger partial charge in [-0.2, -0.15) is 0 Å². The quantitative estimate of drug-likeness (QED) is 0.718. The summed E-state index contributed by atoms with van der Waals surface area (Å²) >= 11 is 0. The van der Waals surface area contributed by atoms with Gasteiger partial charge in [-0.25, -0.2) is 4.79 Å². The van der Waals surface area contributed by atoms with E-state index in [4.69, 9.17) is 5.11 Å². The number of rotatable bonds is 5. The Kier molecular flexibility index (Phi) is 4.91. The fraction of sp³-hybridized carbons (Fsp3) is 0.733. The highest BCUT2D eigenvalue weighted by molar-refractivity contribution is 6.09. The number of amides is 4. The predicted octanol–water partition coefficient (Wildman–Crippen LogP) is 0.563. The molecule has 0 atom stereocenters. The van der Waals surface area contributed by atoms with Crippen LogP contribution in [0.3, 0.4) is 0 Å². The number of carboxylic acids is 1. The van der Waals surface area contributed by atoms with Crippen LogP contribution in [0.15, 0.2) is 0 Å². The zero-order valence-electron chi connectivity index (χ0n) is 13.5. The average molecular weight is 325 g/mol. The van der Waals surface area contributed by atoms with E-state index < -0.39 is 36.5 Å². The number of imide groups is 1. The summed E-state index contributed by atoms with van der Waals surface area (Å²) in [4.78, 5) is 50.0. The molecule has 1 saturated carbocycles. The second-order valence-electron chi connectivity index (χ2n) is 6.47. The Morgan fingerprint density at radius 3 is 2.39 bits per heavy atom. The third kappa shape index (κ3) is 3.46. The Bertz CT molecular complexity index is 525. The van der Waals surface area contributed by atoms with Gasteiger partial charge >= 0.3 is 12.0 Å². The number of urea groups is 1. The molecule has 8 heteroatoms. The van der Waals surface area contributed by atoms with Crippen LogP contribution in [0.25, 0.3) is 0 Å². The average Bonchev–Trinajstić information content (AvgIpc) is 2.69. The number of nitrogens with zero attached hydrogens (tertiary/aromatic N) is 2. The van der Waals surface area contributed by atoms with Crippen molar-refractivity contribution in [1.29, 1.82) is 0 Å². The third-order valence-electron chi connectivity index (χ3n) is 4.50.